The number of hydrogen-bond donors (Lipinski definition) is 1. The minimum Gasteiger partial charge on any atom is -0.494 e. The molecule has 0 fully saturated rings. The summed E-state index contributed by atoms with van der Waals surface area (Å²) in [7, 11) is 0. The molecule has 1 N–H and O–H groups in total. The number of benzene rings is 1. The summed E-state index contributed by atoms with van der Waals surface area (Å²) in [6.07, 6.45) is 0. The third kappa shape index (κ3) is 3.64. The summed E-state index contributed by atoms with van der Waals surface area (Å²) >= 11 is 0. The summed E-state index contributed by atoms with van der Waals surface area (Å²) < 4.78 is 11.1. The van der Waals surface area contributed by atoms with Gasteiger partial charge in [-0.25, -0.2) is 0 Å². The molecule has 0 saturated heterocycles. The van der Waals surface area contributed by atoms with Crippen LogP contribution >= 0.6 is 0 Å². The Kier molecular flexibility index (Phi) is 4.85. The molecule has 0 bridgehead atoms. The summed E-state index contributed by atoms with van der Waals surface area (Å²) in [5, 5.41) is 3.54. The normalized spacial score (nSPS) is 14.0. The van der Waals surface area contributed by atoms with E-state index < -0.39 is 0 Å². The van der Waals surface area contributed by atoms with Gasteiger partial charge < -0.3 is 14.5 Å². The predicted octanol–water partition coefficient (Wildman–Crippen LogP) is 4.40. The van der Waals surface area contributed by atoms with Crippen molar-refractivity contribution in [2.24, 2.45) is 0 Å². The summed E-state index contributed by atoms with van der Waals surface area (Å²) in [6.45, 7) is 8.92. The molecule has 20 heavy (non-hydrogen) atoms. The van der Waals surface area contributed by atoms with Crippen LogP contribution in [-0.4, -0.2) is 6.61 Å². The van der Waals surface area contributed by atoms with Gasteiger partial charge in [0.1, 0.15) is 17.3 Å². The number of ether oxygens (including phenoxy) is 1. The van der Waals surface area contributed by atoms with Crippen molar-refractivity contribution in [3.05, 3.63) is 53.5 Å². The van der Waals surface area contributed by atoms with E-state index in [4.69, 9.17) is 9.15 Å². The standard InChI is InChI=1S/C17H23NO2/c1-5-19-16-9-7-15(8-10-16)13(3)18-14(4)17-11-6-12(2)20-17/h6-11,13-14,18H,5H2,1-4H3. The minimum atomic E-state index is 0.185. The van der Waals surface area contributed by atoms with Crippen molar-refractivity contribution >= 4 is 0 Å². The van der Waals surface area contributed by atoms with Crippen LogP contribution in [0.25, 0.3) is 0 Å². The Morgan fingerprint density at radius 3 is 2.30 bits per heavy atom. The van der Waals surface area contributed by atoms with Gasteiger partial charge in [0.2, 0.25) is 0 Å². The topological polar surface area (TPSA) is 34.4 Å². The molecule has 0 saturated carbocycles. The van der Waals surface area contributed by atoms with Crippen molar-refractivity contribution in [3.63, 3.8) is 0 Å². The molecule has 0 aliphatic rings. The zero-order valence-corrected chi connectivity index (χ0v) is 12.6. The summed E-state index contributed by atoms with van der Waals surface area (Å²) in [5.41, 5.74) is 1.24. The van der Waals surface area contributed by atoms with Crippen LogP contribution in [-0.2, 0) is 0 Å². The van der Waals surface area contributed by atoms with Crippen molar-refractivity contribution in [2.45, 2.75) is 39.8 Å². The zero-order chi connectivity index (χ0) is 14.5. The molecule has 1 heterocycles. The Hall–Kier alpha value is -1.74. The SMILES string of the molecule is CCOc1ccc(C(C)NC(C)c2ccc(C)o2)cc1. The van der Waals surface area contributed by atoms with Gasteiger partial charge in [0, 0.05) is 6.04 Å². The van der Waals surface area contributed by atoms with Gasteiger partial charge in [-0.1, -0.05) is 12.1 Å². The summed E-state index contributed by atoms with van der Waals surface area (Å²) in [4.78, 5) is 0. The average molecular weight is 273 g/mol. The zero-order valence-electron chi connectivity index (χ0n) is 12.6. The lowest BCUT2D eigenvalue weighted by atomic mass is 10.1. The Morgan fingerprint density at radius 1 is 1.05 bits per heavy atom. The van der Waals surface area contributed by atoms with E-state index in [0.717, 1.165) is 17.3 Å². The van der Waals surface area contributed by atoms with E-state index in [0.29, 0.717) is 6.61 Å². The predicted molar refractivity (Wildman–Crippen MR) is 81.0 cm³/mol. The number of rotatable bonds is 6. The highest BCUT2D eigenvalue weighted by Crippen LogP contribution is 2.22. The highest BCUT2D eigenvalue weighted by molar-refractivity contribution is 5.29. The Balaban J connectivity index is 1.98. The van der Waals surface area contributed by atoms with Crippen LogP contribution in [0, 0.1) is 6.92 Å². The van der Waals surface area contributed by atoms with E-state index in [2.05, 4.69) is 31.3 Å². The van der Waals surface area contributed by atoms with Gasteiger partial charge in [-0.2, -0.15) is 0 Å². The molecule has 3 heteroatoms. The lowest BCUT2D eigenvalue weighted by Crippen LogP contribution is -2.22. The molecule has 0 amide bonds. The monoisotopic (exact) mass is 273 g/mol. The first kappa shape index (κ1) is 14.7. The molecule has 2 atom stereocenters. The van der Waals surface area contributed by atoms with Crippen LogP contribution < -0.4 is 10.1 Å². The summed E-state index contributed by atoms with van der Waals surface area (Å²) in [5.74, 6) is 2.83. The Labute approximate surface area is 121 Å². The number of aryl methyl sites for hydroxylation is 1. The largest absolute Gasteiger partial charge is 0.494 e. The molecular formula is C17H23NO2. The van der Waals surface area contributed by atoms with Crippen LogP contribution in [0.2, 0.25) is 0 Å². The first-order valence-corrected chi connectivity index (χ1v) is 7.15. The molecular weight excluding hydrogens is 250 g/mol. The highest BCUT2D eigenvalue weighted by atomic mass is 16.5. The quantitative estimate of drug-likeness (QED) is 0.847. The van der Waals surface area contributed by atoms with Gasteiger partial charge in [-0.15, -0.1) is 0 Å². The van der Waals surface area contributed by atoms with Gasteiger partial charge in [-0.3, -0.25) is 0 Å². The van der Waals surface area contributed by atoms with Crippen LogP contribution in [0.1, 0.15) is 49.9 Å². The first-order chi connectivity index (χ1) is 9.60. The van der Waals surface area contributed by atoms with Crippen LogP contribution in [0.3, 0.4) is 0 Å². The fourth-order valence-electron chi connectivity index (χ4n) is 2.26. The van der Waals surface area contributed by atoms with Crippen LogP contribution in [0.5, 0.6) is 5.75 Å². The fourth-order valence-corrected chi connectivity index (χ4v) is 2.26. The van der Waals surface area contributed by atoms with Crippen molar-refractivity contribution in [1.29, 1.82) is 0 Å². The van der Waals surface area contributed by atoms with Gasteiger partial charge in [0.05, 0.1) is 12.6 Å². The maximum atomic E-state index is 5.65. The Morgan fingerprint density at radius 2 is 1.75 bits per heavy atom. The lowest BCUT2D eigenvalue weighted by Gasteiger charge is -2.19. The van der Waals surface area contributed by atoms with Crippen molar-refractivity contribution in [2.75, 3.05) is 6.61 Å². The third-order valence-electron chi connectivity index (χ3n) is 3.38. The van der Waals surface area contributed by atoms with E-state index in [1.165, 1.54) is 5.56 Å². The highest BCUT2D eigenvalue weighted by Gasteiger charge is 2.13. The van der Waals surface area contributed by atoms with E-state index >= 15 is 0 Å². The molecule has 2 unspecified atom stereocenters. The van der Waals surface area contributed by atoms with E-state index in [1.807, 2.05) is 38.1 Å². The van der Waals surface area contributed by atoms with Crippen LogP contribution in [0.15, 0.2) is 40.8 Å². The van der Waals surface area contributed by atoms with Gasteiger partial charge in [0.15, 0.2) is 0 Å². The number of nitrogens with one attached hydrogen (secondary N) is 1. The molecule has 3 nitrogen and oxygen atoms in total. The molecule has 0 spiro atoms. The van der Waals surface area contributed by atoms with Crippen molar-refractivity contribution in [3.8, 4) is 5.75 Å². The molecule has 0 aliphatic heterocycles. The van der Waals surface area contributed by atoms with Crippen molar-refractivity contribution in [1.82, 2.24) is 5.32 Å². The number of furan rings is 1. The molecule has 1 aromatic heterocycles. The smallest absolute Gasteiger partial charge is 0.120 e. The van der Waals surface area contributed by atoms with E-state index in [-0.39, 0.29) is 12.1 Å². The molecule has 0 aliphatic carbocycles. The molecule has 2 rings (SSSR count). The molecule has 108 valence electrons. The fraction of sp³-hybridized carbons (Fsp3) is 0.412. The van der Waals surface area contributed by atoms with E-state index in [1.54, 1.807) is 0 Å². The second-order valence-electron chi connectivity index (χ2n) is 5.06. The molecule has 0 radical (unpaired) electrons. The van der Waals surface area contributed by atoms with Gasteiger partial charge in [0.25, 0.3) is 0 Å². The second kappa shape index (κ2) is 6.62. The van der Waals surface area contributed by atoms with Gasteiger partial charge in [-0.05, 0) is 57.5 Å². The maximum Gasteiger partial charge on any atom is 0.120 e. The van der Waals surface area contributed by atoms with Gasteiger partial charge >= 0.3 is 0 Å². The number of hydrogen-bond acceptors (Lipinski definition) is 3. The van der Waals surface area contributed by atoms with E-state index in [9.17, 15) is 0 Å². The first-order valence-electron chi connectivity index (χ1n) is 7.15. The second-order valence-corrected chi connectivity index (χ2v) is 5.06. The molecule has 1 aromatic carbocycles. The Bertz CT molecular complexity index is 530. The van der Waals surface area contributed by atoms with Crippen molar-refractivity contribution < 1.29 is 9.15 Å². The average Bonchev–Trinajstić information content (AvgIpc) is 2.86. The maximum absolute atomic E-state index is 5.65. The molecule has 2 aromatic rings. The van der Waals surface area contributed by atoms with Crippen LogP contribution in [0.4, 0.5) is 0 Å². The lowest BCUT2D eigenvalue weighted by molar-refractivity contribution is 0.340. The summed E-state index contributed by atoms with van der Waals surface area (Å²) in [6, 6.07) is 12.7. The third-order valence-corrected chi connectivity index (χ3v) is 3.38. The minimum absolute atomic E-state index is 0.185.